The van der Waals surface area contributed by atoms with Crippen LogP contribution in [0, 0.1) is 5.92 Å². The van der Waals surface area contributed by atoms with Gasteiger partial charge in [-0.1, -0.05) is 0 Å². The predicted molar refractivity (Wildman–Crippen MR) is 44.8 cm³/mol. The van der Waals surface area contributed by atoms with Crippen LogP contribution in [0.15, 0.2) is 0 Å². The molecular formula is C8H15NO4. The summed E-state index contributed by atoms with van der Waals surface area (Å²) in [6.45, 7) is 1.18. The quantitative estimate of drug-likeness (QED) is 0.413. The highest BCUT2D eigenvalue weighted by Crippen LogP contribution is 2.26. The second-order valence-corrected chi connectivity index (χ2v) is 3.47. The fraction of sp³-hybridized carbons (Fsp3) is 0.875. The van der Waals surface area contributed by atoms with Gasteiger partial charge < -0.3 is 20.6 Å². The van der Waals surface area contributed by atoms with Crippen LogP contribution < -0.4 is 5.32 Å². The van der Waals surface area contributed by atoms with E-state index >= 15 is 0 Å². The van der Waals surface area contributed by atoms with Crippen molar-refractivity contribution < 1.29 is 20.1 Å². The molecule has 76 valence electrons. The van der Waals surface area contributed by atoms with E-state index in [0.717, 1.165) is 0 Å². The Kier molecular flexibility index (Phi) is 3.24. The van der Waals surface area contributed by atoms with E-state index < -0.39 is 18.2 Å². The molecule has 5 nitrogen and oxygen atoms in total. The van der Waals surface area contributed by atoms with Gasteiger partial charge in [0.2, 0.25) is 5.91 Å². The van der Waals surface area contributed by atoms with Gasteiger partial charge in [-0.15, -0.1) is 0 Å². The Bertz CT molecular complexity index is 197. The standard InChI is InChI=1S/C8H15NO4/c1-4(11)9-6-2-5(3-10)7(12)8(6)13/h5-8,10,12-13H,2-3H2,1H3,(H,9,11)/t5-,6-,7+,8+/m0/s1. The third kappa shape index (κ3) is 2.18. The molecule has 0 heterocycles. The van der Waals surface area contributed by atoms with Gasteiger partial charge in [0.1, 0.15) is 6.10 Å². The molecule has 4 atom stereocenters. The zero-order valence-electron chi connectivity index (χ0n) is 7.47. The Morgan fingerprint density at radius 3 is 2.46 bits per heavy atom. The summed E-state index contributed by atoms with van der Waals surface area (Å²) in [6.07, 6.45) is -1.50. The van der Waals surface area contributed by atoms with E-state index in [1.54, 1.807) is 0 Å². The van der Waals surface area contributed by atoms with E-state index in [-0.39, 0.29) is 18.4 Å². The molecule has 1 saturated carbocycles. The first-order valence-corrected chi connectivity index (χ1v) is 4.30. The molecule has 0 aromatic heterocycles. The molecule has 1 rings (SSSR count). The lowest BCUT2D eigenvalue weighted by Gasteiger charge is -2.16. The van der Waals surface area contributed by atoms with Gasteiger partial charge in [-0.3, -0.25) is 4.79 Å². The number of hydrogen-bond acceptors (Lipinski definition) is 4. The first kappa shape index (κ1) is 10.4. The summed E-state index contributed by atoms with van der Waals surface area (Å²) in [5.41, 5.74) is 0. The molecule has 13 heavy (non-hydrogen) atoms. The maximum atomic E-state index is 10.7. The smallest absolute Gasteiger partial charge is 0.217 e. The topological polar surface area (TPSA) is 89.8 Å². The number of carbonyl (C=O) groups excluding carboxylic acids is 1. The van der Waals surface area contributed by atoms with Gasteiger partial charge in [0.25, 0.3) is 0 Å². The Morgan fingerprint density at radius 1 is 1.46 bits per heavy atom. The average Bonchev–Trinajstić information content (AvgIpc) is 2.32. The first-order chi connectivity index (χ1) is 6.06. The van der Waals surface area contributed by atoms with Crippen molar-refractivity contribution in [1.29, 1.82) is 0 Å². The maximum absolute atomic E-state index is 10.7. The van der Waals surface area contributed by atoms with E-state index in [4.69, 9.17) is 5.11 Å². The minimum atomic E-state index is -0.971. The van der Waals surface area contributed by atoms with Crippen molar-refractivity contribution in [3.8, 4) is 0 Å². The third-order valence-electron chi connectivity index (χ3n) is 2.42. The molecule has 0 unspecified atom stereocenters. The van der Waals surface area contributed by atoms with Crippen molar-refractivity contribution >= 4 is 5.91 Å². The predicted octanol–water partition coefficient (Wildman–Crippen LogP) is -1.77. The zero-order valence-corrected chi connectivity index (χ0v) is 7.47. The normalized spacial score (nSPS) is 39.1. The van der Waals surface area contributed by atoms with Crippen LogP contribution in [0.2, 0.25) is 0 Å². The van der Waals surface area contributed by atoms with Crippen molar-refractivity contribution in [3.05, 3.63) is 0 Å². The fourth-order valence-electron chi connectivity index (χ4n) is 1.71. The van der Waals surface area contributed by atoms with Crippen LogP contribution in [-0.4, -0.2) is 46.1 Å². The van der Waals surface area contributed by atoms with Gasteiger partial charge in [0.05, 0.1) is 12.1 Å². The number of hydrogen-bond donors (Lipinski definition) is 4. The second-order valence-electron chi connectivity index (χ2n) is 3.47. The molecule has 1 aliphatic rings. The van der Waals surface area contributed by atoms with Crippen molar-refractivity contribution in [1.82, 2.24) is 5.32 Å². The molecule has 0 aromatic carbocycles. The molecular weight excluding hydrogens is 174 g/mol. The van der Waals surface area contributed by atoms with E-state index in [9.17, 15) is 15.0 Å². The molecule has 1 fully saturated rings. The lowest BCUT2D eigenvalue weighted by molar-refractivity contribution is -0.120. The molecule has 5 heteroatoms. The molecule has 4 N–H and O–H groups in total. The highest BCUT2D eigenvalue weighted by molar-refractivity contribution is 5.73. The lowest BCUT2D eigenvalue weighted by atomic mass is 10.1. The zero-order chi connectivity index (χ0) is 10.0. The first-order valence-electron chi connectivity index (χ1n) is 4.30. The summed E-state index contributed by atoms with van der Waals surface area (Å²) in [6, 6.07) is -0.440. The molecule has 0 bridgehead atoms. The van der Waals surface area contributed by atoms with Gasteiger partial charge in [-0.05, 0) is 6.42 Å². The van der Waals surface area contributed by atoms with E-state index in [0.29, 0.717) is 6.42 Å². The molecule has 1 amide bonds. The average molecular weight is 189 g/mol. The van der Waals surface area contributed by atoms with Crippen LogP contribution in [0.5, 0.6) is 0 Å². The van der Waals surface area contributed by atoms with Gasteiger partial charge in [0.15, 0.2) is 0 Å². The highest BCUT2D eigenvalue weighted by atomic mass is 16.3. The van der Waals surface area contributed by atoms with E-state index in [1.807, 2.05) is 0 Å². The number of carbonyl (C=O) groups is 1. The number of aliphatic hydroxyl groups is 3. The molecule has 0 aliphatic heterocycles. The van der Waals surface area contributed by atoms with E-state index in [1.165, 1.54) is 6.92 Å². The summed E-state index contributed by atoms with van der Waals surface area (Å²) in [5, 5.41) is 30.2. The molecule has 0 spiro atoms. The van der Waals surface area contributed by atoms with Crippen molar-refractivity contribution in [2.75, 3.05) is 6.61 Å². The summed E-state index contributed by atoms with van der Waals surface area (Å²) in [5.74, 6) is -0.582. The molecule has 0 aromatic rings. The number of amides is 1. The maximum Gasteiger partial charge on any atom is 0.217 e. The van der Waals surface area contributed by atoms with Gasteiger partial charge in [-0.2, -0.15) is 0 Å². The summed E-state index contributed by atoms with van der Waals surface area (Å²) < 4.78 is 0. The van der Waals surface area contributed by atoms with Gasteiger partial charge >= 0.3 is 0 Å². The van der Waals surface area contributed by atoms with Crippen LogP contribution in [0.3, 0.4) is 0 Å². The van der Waals surface area contributed by atoms with Crippen molar-refractivity contribution in [2.24, 2.45) is 5.92 Å². The Balaban J connectivity index is 2.55. The minimum absolute atomic E-state index is 0.172. The van der Waals surface area contributed by atoms with E-state index in [2.05, 4.69) is 5.32 Å². The van der Waals surface area contributed by atoms with Crippen molar-refractivity contribution in [2.45, 2.75) is 31.6 Å². The van der Waals surface area contributed by atoms with Crippen LogP contribution >= 0.6 is 0 Å². The Labute approximate surface area is 76.4 Å². The molecule has 0 radical (unpaired) electrons. The fourth-order valence-corrected chi connectivity index (χ4v) is 1.71. The Morgan fingerprint density at radius 2 is 2.08 bits per heavy atom. The highest BCUT2D eigenvalue weighted by Gasteiger charge is 2.41. The summed E-state index contributed by atoms with van der Waals surface area (Å²) >= 11 is 0. The number of rotatable bonds is 2. The Hall–Kier alpha value is -0.650. The van der Waals surface area contributed by atoms with Crippen LogP contribution in [0.4, 0.5) is 0 Å². The van der Waals surface area contributed by atoms with Gasteiger partial charge in [0, 0.05) is 19.4 Å². The van der Waals surface area contributed by atoms with Crippen LogP contribution in [0.1, 0.15) is 13.3 Å². The molecule has 1 aliphatic carbocycles. The van der Waals surface area contributed by atoms with Crippen LogP contribution in [0.25, 0.3) is 0 Å². The lowest BCUT2D eigenvalue weighted by Crippen LogP contribution is -2.42. The molecule has 0 saturated heterocycles. The number of nitrogens with one attached hydrogen (secondary N) is 1. The number of aliphatic hydroxyl groups excluding tert-OH is 3. The minimum Gasteiger partial charge on any atom is -0.396 e. The van der Waals surface area contributed by atoms with Crippen LogP contribution in [-0.2, 0) is 4.79 Å². The van der Waals surface area contributed by atoms with Crippen molar-refractivity contribution in [3.63, 3.8) is 0 Å². The monoisotopic (exact) mass is 189 g/mol. The van der Waals surface area contributed by atoms with Gasteiger partial charge in [-0.25, -0.2) is 0 Å². The largest absolute Gasteiger partial charge is 0.396 e. The summed E-state index contributed by atoms with van der Waals surface area (Å²) in [4.78, 5) is 10.7. The second kappa shape index (κ2) is 4.04. The summed E-state index contributed by atoms with van der Waals surface area (Å²) in [7, 11) is 0. The SMILES string of the molecule is CC(=O)N[C@H]1C[C@@H](CO)[C@@H](O)[C@@H]1O. The third-order valence-corrected chi connectivity index (χ3v) is 2.42.